The molecule has 1 amide bonds. The lowest BCUT2D eigenvalue weighted by atomic mass is 9.90. The zero-order valence-electron chi connectivity index (χ0n) is 18.6. The number of hydrogen-bond donors (Lipinski definition) is 1. The number of nitrogens with zero attached hydrogens (tertiary/aromatic N) is 1. The summed E-state index contributed by atoms with van der Waals surface area (Å²) in [5.41, 5.74) is 7.47. The topological polar surface area (TPSA) is 105 Å². The van der Waals surface area contributed by atoms with Crippen molar-refractivity contribution in [2.75, 3.05) is 6.61 Å². The van der Waals surface area contributed by atoms with Gasteiger partial charge in [-0.05, 0) is 57.9 Å². The molecule has 31 heavy (non-hydrogen) atoms. The fourth-order valence-electron chi connectivity index (χ4n) is 3.66. The van der Waals surface area contributed by atoms with Gasteiger partial charge in [-0.1, -0.05) is 35.5 Å². The molecule has 1 heterocycles. The van der Waals surface area contributed by atoms with Crippen molar-refractivity contribution in [3.63, 3.8) is 0 Å². The monoisotopic (exact) mass is 428 g/mol. The molecule has 1 atom stereocenters. The molecule has 7 heteroatoms. The summed E-state index contributed by atoms with van der Waals surface area (Å²) >= 11 is 0. The number of ether oxygens (including phenoxy) is 2. The van der Waals surface area contributed by atoms with Crippen molar-refractivity contribution in [1.82, 2.24) is 5.16 Å². The van der Waals surface area contributed by atoms with Crippen LogP contribution >= 0.6 is 0 Å². The number of rotatable bonds is 11. The number of nitrogens with two attached hydrogens (primary N) is 1. The Morgan fingerprint density at radius 1 is 1.23 bits per heavy atom. The van der Waals surface area contributed by atoms with Crippen molar-refractivity contribution in [1.29, 1.82) is 0 Å². The Hall–Kier alpha value is -2.67. The number of benzene rings is 1. The molecule has 0 unspecified atom stereocenters. The second-order valence-electron chi connectivity index (χ2n) is 9.12. The van der Waals surface area contributed by atoms with Crippen LogP contribution in [0.3, 0.4) is 0 Å². The van der Waals surface area contributed by atoms with Crippen LogP contribution in [0, 0.1) is 0 Å². The summed E-state index contributed by atoms with van der Waals surface area (Å²) in [7, 11) is 0. The molecule has 0 spiro atoms. The third-order valence-electron chi connectivity index (χ3n) is 5.14. The minimum Gasteiger partial charge on any atom is -0.460 e. The molecular formula is C24H32N2O5. The van der Waals surface area contributed by atoms with Gasteiger partial charge in [-0.3, -0.25) is 9.59 Å². The summed E-state index contributed by atoms with van der Waals surface area (Å²) in [6.45, 7) is 6.62. The highest BCUT2D eigenvalue weighted by Gasteiger charge is 2.37. The molecular weight excluding hydrogens is 396 g/mol. The second kappa shape index (κ2) is 10.1. The predicted octanol–water partition coefficient (Wildman–Crippen LogP) is 4.46. The van der Waals surface area contributed by atoms with Crippen molar-refractivity contribution < 1.29 is 23.6 Å². The van der Waals surface area contributed by atoms with Gasteiger partial charge in [-0.2, -0.15) is 0 Å². The number of hydrogen-bond acceptors (Lipinski definition) is 6. The highest BCUT2D eigenvalue weighted by atomic mass is 16.6. The van der Waals surface area contributed by atoms with E-state index >= 15 is 0 Å². The van der Waals surface area contributed by atoms with Gasteiger partial charge in [0, 0.05) is 18.1 Å². The average molecular weight is 429 g/mol. The van der Waals surface area contributed by atoms with Gasteiger partial charge >= 0.3 is 5.97 Å². The maximum atomic E-state index is 12.6. The van der Waals surface area contributed by atoms with E-state index in [1.807, 2.05) is 51.1 Å². The van der Waals surface area contributed by atoms with Crippen LogP contribution in [-0.4, -0.2) is 29.2 Å². The molecule has 2 aromatic rings. The van der Waals surface area contributed by atoms with Crippen LogP contribution in [0.1, 0.15) is 92.1 Å². The number of primary amides is 1. The minimum absolute atomic E-state index is 0.118. The minimum atomic E-state index is -0.622. The Kier molecular flexibility index (Phi) is 7.49. The van der Waals surface area contributed by atoms with Crippen molar-refractivity contribution in [2.45, 2.75) is 76.9 Å². The molecule has 1 fully saturated rings. The fourth-order valence-corrected chi connectivity index (χ4v) is 3.66. The first-order valence-corrected chi connectivity index (χ1v) is 10.9. The van der Waals surface area contributed by atoms with Gasteiger partial charge in [0.1, 0.15) is 5.60 Å². The predicted molar refractivity (Wildman–Crippen MR) is 116 cm³/mol. The third-order valence-corrected chi connectivity index (χ3v) is 5.14. The first-order valence-electron chi connectivity index (χ1n) is 10.9. The zero-order valence-corrected chi connectivity index (χ0v) is 18.6. The molecule has 3 rings (SSSR count). The van der Waals surface area contributed by atoms with Gasteiger partial charge in [0.15, 0.2) is 0 Å². The van der Waals surface area contributed by atoms with Crippen LogP contribution in [-0.2, 0) is 20.9 Å². The molecule has 1 aromatic carbocycles. The van der Waals surface area contributed by atoms with Crippen LogP contribution in [0.2, 0.25) is 0 Å². The number of carbonyl (C=O) groups is 2. The van der Waals surface area contributed by atoms with Crippen molar-refractivity contribution in [3.8, 4) is 0 Å². The Labute approximate surface area is 183 Å². The molecule has 2 N–H and O–H groups in total. The molecule has 0 aliphatic heterocycles. The highest BCUT2D eigenvalue weighted by molar-refractivity contribution is 5.92. The summed E-state index contributed by atoms with van der Waals surface area (Å²) in [5.74, 6) is -0.801. The summed E-state index contributed by atoms with van der Waals surface area (Å²) in [6, 6.07) is 9.98. The average Bonchev–Trinajstić information content (AvgIpc) is 3.43. The van der Waals surface area contributed by atoms with E-state index in [-0.39, 0.29) is 30.0 Å². The molecule has 7 nitrogen and oxygen atoms in total. The van der Waals surface area contributed by atoms with Crippen LogP contribution in [0.15, 0.2) is 34.9 Å². The van der Waals surface area contributed by atoms with E-state index in [1.54, 1.807) is 0 Å². The van der Waals surface area contributed by atoms with Gasteiger partial charge in [0.2, 0.25) is 5.76 Å². The standard InChI is InChI=1S/C24H32N2O5/c1-24(2,3)30-19(27)14-18(10-7-13-29-15-16-8-5-4-6-9-16)21-20(17-11-12-17)22(23(25)28)31-26-21/h4-6,8-9,17-18H,7,10-15H2,1-3H3,(H2,25,28)/t18-/m0/s1. The van der Waals surface area contributed by atoms with Crippen molar-refractivity contribution >= 4 is 11.9 Å². The molecule has 1 aliphatic carbocycles. The smallest absolute Gasteiger partial charge is 0.306 e. The first kappa shape index (κ1) is 23.0. The van der Waals surface area contributed by atoms with Gasteiger partial charge in [-0.15, -0.1) is 0 Å². The van der Waals surface area contributed by atoms with Gasteiger partial charge in [-0.25, -0.2) is 0 Å². The third kappa shape index (κ3) is 6.92. The lowest BCUT2D eigenvalue weighted by molar-refractivity contribution is -0.155. The Morgan fingerprint density at radius 2 is 1.94 bits per heavy atom. The number of aromatic nitrogens is 1. The van der Waals surface area contributed by atoms with Crippen LogP contribution < -0.4 is 5.73 Å². The normalized spacial score (nSPS) is 14.9. The lowest BCUT2D eigenvalue weighted by Crippen LogP contribution is -2.25. The molecule has 0 saturated heterocycles. The fraction of sp³-hybridized carbons (Fsp3) is 0.542. The van der Waals surface area contributed by atoms with E-state index in [4.69, 9.17) is 19.7 Å². The Balaban J connectivity index is 1.67. The SMILES string of the molecule is CC(C)(C)OC(=O)C[C@H](CCCOCc1ccccc1)c1noc(C(N)=O)c1C1CC1. The molecule has 0 bridgehead atoms. The van der Waals surface area contributed by atoms with E-state index in [2.05, 4.69) is 5.16 Å². The molecule has 168 valence electrons. The second-order valence-corrected chi connectivity index (χ2v) is 9.12. The molecule has 1 aromatic heterocycles. The largest absolute Gasteiger partial charge is 0.460 e. The summed E-state index contributed by atoms with van der Waals surface area (Å²) in [5, 5.41) is 4.17. The van der Waals surface area contributed by atoms with E-state index < -0.39 is 11.5 Å². The maximum absolute atomic E-state index is 12.6. The van der Waals surface area contributed by atoms with Crippen molar-refractivity contribution in [2.24, 2.45) is 5.73 Å². The first-order chi connectivity index (χ1) is 14.7. The summed E-state index contributed by atoms with van der Waals surface area (Å²) < 4.78 is 16.6. The van der Waals surface area contributed by atoms with E-state index in [0.717, 1.165) is 30.4 Å². The summed E-state index contributed by atoms with van der Waals surface area (Å²) in [6.07, 6.45) is 3.50. The Bertz CT molecular complexity index is 881. The lowest BCUT2D eigenvalue weighted by Gasteiger charge is -2.22. The number of carbonyl (C=O) groups excluding carboxylic acids is 2. The van der Waals surface area contributed by atoms with Gasteiger partial charge < -0.3 is 19.7 Å². The van der Waals surface area contributed by atoms with E-state index in [1.165, 1.54) is 0 Å². The number of esters is 1. The van der Waals surface area contributed by atoms with Crippen LogP contribution in [0.25, 0.3) is 0 Å². The van der Waals surface area contributed by atoms with Gasteiger partial charge in [0.05, 0.1) is 18.7 Å². The van der Waals surface area contributed by atoms with E-state index in [0.29, 0.717) is 25.3 Å². The highest BCUT2D eigenvalue weighted by Crippen LogP contribution is 2.46. The molecule has 1 aliphatic rings. The van der Waals surface area contributed by atoms with Crippen LogP contribution in [0.4, 0.5) is 0 Å². The molecule has 1 saturated carbocycles. The zero-order chi connectivity index (χ0) is 22.4. The summed E-state index contributed by atoms with van der Waals surface area (Å²) in [4.78, 5) is 24.4. The Morgan fingerprint density at radius 3 is 2.55 bits per heavy atom. The quantitative estimate of drug-likeness (QED) is 0.418. The van der Waals surface area contributed by atoms with Crippen molar-refractivity contribution in [3.05, 3.63) is 52.9 Å². The number of amides is 1. The maximum Gasteiger partial charge on any atom is 0.306 e. The van der Waals surface area contributed by atoms with E-state index in [9.17, 15) is 9.59 Å². The molecule has 0 radical (unpaired) electrons. The van der Waals surface area contributed by atoms with Gasteiger partial charge in [0.25, 0.3) is 5.91 Å². The van der Waals surface area contributed by atoms with Crippen LogP contribution in [0.5, 0.6) is 0 Å².